The second-order valence-electron chi connectivity index (χ2n) is 4.70. The van der Waals surface area contributed by atoms with Gasteiger partial charge in [0.05, 0.1) is 6.61 Å². The average Bonchev–Trinajstić information content (AvgIpc) is 2.92. The van der Waals surface area contributed by atoms with Crippen LogP contribution in [0.2, 0.25) is 0 Å². The second-order valence-corrected chi connectivity index (χ2v) is 4.70. The van der Waals surface area contributed by atoms with Gasteiger partial charge in [0, 0.05) is 0 Å². The lowest BCUT2D eigenvalue weighted by Crippen LogP contribution is -2.24. The molecule has 0 aliphatic heterocycles. The van der Waals surface area contributed by atoms with Crippen LogP contribution in [0.15, 0.2) is 34.9 Å². The van der Waals surface area contributed by atoms with Crippen LogP contribution in [0, 0.1) is 6.92 Å². The predicted molar refractivity (Wildman–Crippen MR) is 74.2 cm³/mol. The maximum absolute atomic E-state index is 11.9. The lowest BCUT2D eigenvalue weighted by molar-refractivity contribution is -0.163. The Kier molecular flexibility index (Phi) is 5.05. The summed E-state index contributed by atoms with van der Waals surface area (Å²) < 4.78 is 15.7. The number of carbonyl (C=O) groups is 1. The molecule has 1 aromatic heterocycles. The monoisotopic (exact) mass is 290 g/mol. The number of hydrogen-bond donors (Lipinski definition) is 0. The van der Waals surface area contributed by atoms with Crippen LogP contribution in [-0.4, -0.2) is 22.2 Å². The van der Waals surface area contributed by atoms with E-state index in [4.69, 9.17) is 14.0 Å². The molecule has 0 aliphatic rings. The first-order valence-corrected chi connectivity index (χ1v) is 6.72. The lowest BCUT2D eigenvalue weighted by Gasteiger charge is -2.15. The predicted octanol–water partition coefficient (Wildman–Crippen LogP) is 2.59. The molecule has 0 saturated heterocycles. The van der Waals surface area contributed by atoms with Crippen LogP contribution in [0.4, 0.5) is 0 Å². The van der Waals surface area contributed by atoms with E-state index >= 15 is 0 Å². The Hall–Kier alpha value is -2.21. The minimum Gasteiger partial charge on any atom is -0.451 e. The van der Waals surface area contributed by atoms with Crippen molar-refractivity contribution in [3.05, 3.63) is 47.6 Å². The minimum absolute atomic E-state index is 0.274. The van der Waals surface area contributed by atoms with E-state index in [-0.39, 0.29) is 5.89 Å². The summed E-state index contributed by atoms with van der Waals surface area (Å²) in [6.45, 7) is 5.38. The topological polar surface area (TPSA) is 74.5 Å². The molecule has 1 heterocycles. The third-order valence-electron chi connectivity index (χ3n) is 2.86. The maximum atomic E-state index is 11.9. The minimum atomic E-state index is -0.670. The van der Waals surface area contributed by atoms with Gasteiger partial charge in [0.15, 0.2) is 18.0 Å². The van der Waals surface area contributed by atoms with E-state index in [0.29, 0.717) is 12.4 Å². The molecule has 0 amide bonds. The normalized spacial score (nSPS) is 13.7. The molecule has 2 aromatic rings. The number of esters is 1. The van der Waals surface area contributed by atoms with Crippen molar-refractivity contribution in [2.75, 3.05) is 0 Å². The van der Waals surface area contributed by atoms with Gasteiger partial charge >= 0.3 is 5.97 Å². The first kappa shape index (κ1) is 15.2. The smallest absolute Gasteiger partial charge is 0.335 e. The summed E-state index contributed by atoms with van der Waals surface area (Å²) in [5, 5.41) is 3.66. The lowest BCUT2D eigenvalue weighted by atomic mass is 10.2. The van der Waals surface area contributed by atoms with Gasteiger partial charge in [0.2, 0.25) is 0 Å². The van der Waals surface area contributed by atoms with Crippen molar-refractivity contribution in [1.82, 2.24) is 10.1 Å². The third-order valence-corrected chi connectivity index (χ3v) is 2.86. The van der Waals surface area contributed by atoms with Crippen LogP contribution >= 0.6 is 0 Å². The van der Waals surface area contributed by atoms with E-state index in [1.54, 1.807) is 20.8 Å². The highest BCUT2D eigenvalue weighted by Crippen LogP contribution is 2.16. The molecule has 21 heavy (non-hydrogen) atoms. The van der Waals surface area contributed by atoms with Crippen molar-refractivity contribution in [3.63, 3.8) is 0 Å². The zero-order valence-corrected chi connectivity index (χ0v) is 12.3. The van der Waals surface area contributed by atoms with Gasteiger partial charge in [-0.3, -0.25) is 0 Å². The molecule has 0 saturated carbocycles. The van der Waals surface area contributed by atoms with Gasteiger partial charge in [-0.1, -0.05) is 35.5 Å². The number of ether oxygens (including phenoxy) is 2. The fourth-order valence-corrected chi connectivity index (χ4v) is 1.66. The highest BCUT2D eigenvalue weighted by atomic mass is 16.6. The van der Waals surface area contributed by atoms with Crippen LogP contribution in [0.5, 0.6) is 0 Å². The van der Waals surface area contributed by atoms with Crippen LogP contribution < -0.4 is 0 Å². The first-order valence-electron chi connectivity index (χ1n) is 6.72. The van der Waals surface area contributed by atoms with Gasteiger partial charge in [-0.2, -0.15) is 4.98 Å². The van der Waals surface area contributed by atoms with E-state index in [9.17, 15) is 4.79 Å². The summed E-state index contributed by atoms with van der Waals surface area (Å²) in [7, 11) is 0. The number of hydrogen-bond acceptors (Lipinski definition) is 6. The number of aryl methyl sites for hydroxylation is 1. The number of carbonyl (C=O) groups excluding carboxylic acids is 1. The number of aromatic nitrogens is 2. The Bertz CT molecular complexity index is 582. The SMILES string of the molecule is Cc1noc(C(C)OC(=O)C(C)OCc2ccccc2)n1. The average molecular weight is 290 g/mol. The molecule has 2 atom stereocenters. The summed E-state index contributed by atoms with van der Waals surface area (Å²) in [6, 6.07) is 9.63. The Morgan fingerprint density at radius 1 is 1.29 bits per heavy atom. The molecule has 1 aromatic carbocycles. The molecular formula is C15H18N2O4. The van der Waals surface area contributed by atoms with Gasteiger partial charge in [-0.05, 0) is 26.3 Å². The number of rotatable bonds is 6. The van der Waals surface area contributed by atoms with Crippen molar-refractivity contribution >= 4 is 5.97 Å². The van der Waals surface area contributed by atoms with Gasteiger partial charge < -0.3 is 14.0 Å². The maximum Gasteiger partial charge on any atom is 0.335 e. The van der Waals surface area contributed by atoms with Gasteiger partial charge in [-0.15, -0.1) is 0 Å². The first-order chi connectivity index (χ1) is 10.1. The summed E-state index contributed by atoms with van der Waals surface area (Å²) in [5.74, 6) is 0.312. The molecule has 2 unspecified atom stereocenters. The largest absolute Gasteiger partial charge is 0.451 e. The van der Waals surface area contributed by atoms with Crippen LogP contribution in [0.3, 0.4) is 0 Å². The van der Waals surface area contributed by atoms with Crippen molar-refractivity contribution in [2.45, 2.75) is 39.6 Å². The molecule has 0 spiro atoms. The molecule has 0 N–H and O–H groups in total. The fourth-order valence-electron chi connectivity index (χ4n) is 1.66. The van der Waals surface area contributed by atoms with E-state index in [2.05, 4.69) is 10.1 Å². The molecule has 6 heteroatoms. The Labute approximate surface area is 123 Å². The third kappa shape index (κ3) is 4.39. The second kappa shape index (κ2) is 6.99. The van der Waals surface area contributed by atoms with E-state index in [1.165, 1.54) is 0 Å². The molecule has 2 rings (SSSR count). The van der Waals surface area contributed by atoms with Crippen LogP contribution in [-0.2, 0) is 20.9 Å². The molecule has 0 bridgehead atoms. The number of benzene rings is 1. The summed E-state index contributed by atoms with van der Waals surface area (Å²) in [6.07, 6.45) is -1.27. The Morgan fingerprint density at radius 3 is 2.62 bits per heavy atom. The van der Waals surface area contributed by atoms with Crippen molar-refractivity contribution < 1.29 is 18.8 Å². The highest BCUT2D eigenvalue weighted by Gasteiger charge is 2.22. The van der Waals surface area contributed by atoms with Gasteiger partial charge in [0.1, 0.15) is 0 Å². The summed E-state index contributed by atoms with van der Waals surface area (Å²) >= 11 is 0. The molecule has 6 nitrogen and oxygen atoms in total. The summed E-state index contributed by atoms with van der Waals surface area (Å²) in [4.78, 5) is 15.9. The summed E-state index contributed by atoms with van der Waals surface area (Å²) in [5.41, 5.74) is 0.998. The van der Waals surface area contributed by atoms with E-state index in [1.807, 2.05) is 30.3 Å². The van der Waals surface area contributed by atoms with Gasteiger partial charge in [-0.25, -0.2) is 4.79 Å². The highest BCUT2D eigenvalue weighted by molar-refractivity contribution is 5.74. The van der Waals surface area contributed by atoms with Gasteiger partial charge in [0.25, 0.3) is 5.89 Å². The Balaban J connectivity index is 1.82. The van der Waals surface area contributed by atoms with Crippen molar-refractivity contribution in [3.8, 4) is 0 Å². The fraction of sp³-hybridized carbons (Fsp3) is 0.400. The molecule has 0 aliphatic carbocycles. The van der Waals surface area contributed by atoms with Crippen LogP contribution in [0.25, 0.3) is 0 Å². The quantitative estimate of drug-likeness (QED) is 0.761. The van der Waals surface area contributed by atoms with E-state index < -0.39 is 18.2 Å². The number of nitrogens with zero attached hydrogens (tertiary/aromatic N) is 2. The van der Waals surface area contributed by atoms with E-state index in [0.717, 1.165) is 5.56 Å². The standard InChI is InChI=1S/C15H18N2O4/c1-10(14-16-12(3)17-21-14)20-15(18)11(2)19-9-13-7-5-4-6-8-13/h4-8,10-11H,9H2,1-3H3. The molecule has 0 fully saturated rings. The molecule has 112 valence electrons. The Morgan fingerprint density at radius 2 is 2.00 bits per heavy atom. The molecular weight excluding hydrogens is 272 g/mol. The van der Waals surface area contributed by atoms with Crippen molar-refractivity contribution in [2.24, 2.45) is 0 Å². The van der Waals surface area contributed by atoms with Crippen molar-refractivity contribution in [1.29, 1.82) is 0 Å². The molecule has 0 radical (unpaired) electrons. The zero-order chi connectivity index (χ0) is 15.2. The van der Waals surface area contributed by atoms with Crippen LogP contribution in [0.1, 0.15) is 37.2 Å². The zero-order valence-electron chi connectivity index (χ0n) is 12.3.